The highest BCUT2D eigenvalue weighted by Gasteiger charge is 2.10. The van der Waals surface area contributed by atoms with Crippen LogP contribution >= 0.6 is 24.0 Å². The minimum absolute atomic E-state index is 0. The van der Waals surface area contributed by atoms with E-state index in [-0.39, 0.29) is 18.2 Å². The van der Waals surface area contributed by atoms with Gasteiger partial charge >= 0.3 is 0 Å². The zero-order valence-corrected chi connectivity index (χ0v) is 12.7. The van der Waals surface area contributed by atoms with E-state index >= 15 is 0 Å². The summed E-state index contributed by atoms with van der Waals surface area (Å²) in [6, 6.07) is 13.4. The minimum atomic E-state index is -0.376. The quantitative estimate of drug-likeness (QED) is 0.712. The van der Waals surface area contributed by atoms with Gasteiger partial charge in [0.2, 0.25) is 0 Å². The Kier molecular flexibility index (Phi) is 4.81. The van der Waals surface area contributed by atoms with Crippen LogP contribution in [0.3, 0.4) is 0 Å². The molecule has 0 aliphatic carbocycles. The van der Waals surface area contributed by atoms with E-state index in [1.54, 1.807) is 30.3 Å². The molecule has 3 rings (SSSR count). The van der Waals surface area contributed by atoms with Crippen molar-refractivity contribution >= 4 is 46.3 Å². The maximum absolute atomic E-state index is 13.5. The molecule has 2 aromatic carbocycles. The first-order chi connectivity index (χ1) is 10.2. The lowest BCUT2D eigenvalue weighted by Crippen LogP contribution is -1.97. The number of pyridine rings is 1. The molecule has 1 aromatic heterocycles. The fourth-order valence-electron chi connectivity index (χ4n) is 2.06. The highest BCUT2D eigenvalue weighted by molar-refractivity contribution is 6.30. The van der Waals surface area contributed by atoms with Gasteiger partial charge in [-0.25, -0.2) is 4.39 Å². The van der Waals surface area contributed by atoms with Gasteiger partial charge in [-0.1, -0.05) is 11.6 Å². The Hall–Kier alpha value is -2.35. The van der Waals surface area contributed by atoms with E-state index in [0.717, 1.165) is 5.69 Å². The Labute approximate surface area is 137 Å². The van der Waals surface area contributed by atoms with Crippen molar-refractivity contribution in [2.24, 2.45) is 0 Å². The summed E-state index contributed by atoms with van der Waals surface area (Å²) in [5.41, 5.74) is 2.26. The molecule has 0 atom stereocenters. The Morgan fingerprint density at radius 1 is 1.14 bits per heavy atom. The molecule has 0 fully saturated rings. The summed E-state index contributed by atoms with van der Waals surface area (Å²) in [6.07, 6.45) is 1.47. The molecular formula is C16H10Cl2FN3. The Balaban J connectivity index is 0.00000176. The van der Waals surface area contributed by atoms with E-state index in [4.69, 9.17) is 11.6 Å². The van der Waals surface area contributed by atoms with E-state index in [1.807, 2.05) is 0 Å². The zero-order valence-electron chi connectivity index (χ0n) is 11.2. The average molecular weight is 334 g/mol. The van der Waals surface area contributed by atoms with Crippen LogP contribution in [0.5, 0.6) is 0 Å². The van der Waals surface area contributed by atoms with Gasteiger partial charge in [-0.15, -0.1) is 12.4 Å². The van der Waals surface area contributed by atoms with Crippen molar-refractivity contribution < 1.29 is 4.39 Å². The third-order valence-corrected chi connectivity index (χ3v) is 3.32. The second-order valence-electron chi connectivity index (χ2n) is 4.45. The maximum atomic E-state index is 13.5. The molecular weight excluding hydrogens is 324 g/mol. The summed E-state index contributed by atoms with van der Waals surface area (Å²) >= 11 is 5.85. The lowest BCUT2D eigenvalue weighted by atomic mass is 10.1. The second-order valence-corrected chi connectivity index (χ2v) is 4.89. The van der Waals surface area contributed by atoms with Gasteiger partial charge in [0.25, 0.3) is 0 Å². The number of rotatable bonds is 2. The molecule has 0 saturated carbocycles. The Morgan fingerprint density at radius 2 is 1.86 bits per heavy atom. The van der Waals surface area contributed by atoms with Crippen LogP contribution < -0.4 is 5.32 Å². The van der Waals surface area contributed by atoms with Gasteiger partial charge in [-0.05, 0) is 42.5 Å². The second kappa shape index (κ2) is 6.61. The molecule has 0 unspecified atom stereocenters. The predicted molar refractivity (Wildman–Crippen MR) is 88.4 cm³/mol. The minimum Gasteiger partial charge on any atom is -0.354 e. The molecule has 3 aromatic rings. The normalized spacial score (nSPS) is 9.86. The third kappa shape index (κ3) is 3.11. The molecule has 0 radical (unpaired) electrons. The van der Waals surface area contributed by atoms with E-state index in [0.29, 0.717) is 27.2 Å². The molecule has 1 heterocycles. The van der Waals surface area contributed by atoms with Crippen molar-refractivity contribution in [1.29, 1.82) is 5.26 Å². The van der Waals surface area contributed by atoms with Crippen LogP contribution in [0.2, 0.25) is 5.02 Å². The third-order valence-electron chi connectivity index (χ3n) is 3.06. The zero-order chi connectivity index (χ0) is 14.8. The lowest BCUT2D eigenvalue weighted by molar-refractivity contribution is 0.629. The molecule has 22 heavy (non-hydrogen) atoms. The fraction of sp³-hybridized carbons (Fsp3) is 0. The van der Waals surface area contributed by atoms with Gasteiger partial charge in [0.15, 0.2) is 0 Å². The first-order valence-electron chi connectivity index (χ1n) is 6.18. The lowest BCUT2D eigenvalue weighted by Gasteiger charge is -2.11. The standard InChI is InChI=1S/C16H9ClFN3.ClH/c17-11-1-4-13(5-2-11)21-16-10(8-19)9-20-15-6-3-12(18)7-14(15)16;/h1-7,9H,(H,20,21);1H. The first kappa shape index (κ1) is 16.0. The van der Waals surface area contributed by atoms with Crippen molar-refractivity contribution in [3.8, 4) is 6.07 Å². The molecule has 0 saturated heterocycles. The van der Waals surface area contributed by atoms with E-state index < -0.39 is 0 Å². The molecule has 1 N–H and O–H groups in total. The SMILES string of the molecule is Cl.N#Cc1cnc2ccc(F)cc2c1Nc1ccc(Cl)cc1. The number of hydrogen-bond acceptors (Lipinski definition) is 3. The Bertz CT molecular complexity index is 858. The summed E-state index contributed by atoms with van der Waals surface area (Å²) in [5, 5.41) is 13.5. The summed E-state index contributed by atoms with van der Waals surface area (Å²) in [7, 11) is 0. The van der Waals surface area contributed by atoms with Gasteiger partial charge in [-0.2, -0.15) is 5.26 Å². The number of hydrogen-bond donors (Lipinski definition) is 1. The number of halogens is 3. The fourth-order valence-corrected chi connectivity index (χ4v) is 2.19. The number of nitrogens with zero attached hydrogens (tertiary/aromatic N) is 2. The van der Waals surface area contributed by atoms with Crippen LogP contribution in [-0.4, -0.2) is 4.98 Å². The molecule has 0 amide bonds. The van der Waals surface area contributed by atoms with Crippen molar-refractivity contribution in [3.05, 3.63) is 65.1 Å². The highest BCUT2D eigenvalue weighted by atomic mass is 35.5. The van der Waals surface area contributed by atoms with E-state index in [1.165, 1.54) is 18.3 Å². The van der Waals surface area contributed by atoms with E-state index in [9.17, 15) is 9.65 Å². The number of anilines is 2. The molecule has 3 nitrogen and oxygen atoms in total. The van der Waals surface area contributed by atoms with Gasteiger partial charge in [0, 0.05) is 22.3 Å². The number of nitrogens with one attached hydrogen (secondary N) is 1. The van der Waals surface area contributed by atoms with Gasteiger partial charge < -0.3 is 5.32 Å². The van der Waals surface area contributed by atoms with Crippen LogP contribution in [0, 0.1) is 17.1 Å². The Morgan fingerprint density at radius 3 is 2.55 bits per heavy atom. The predicted octanol–water partition coefficient (Wildman–Crippen LogP) is 5.06. The molecule has 0 aliphatic rings. The molecule has 110 valence electrons. The monoisotopic (exact) mass is 333 g/mol. The summed E-state index contributed by atoms with van der Waals surface area (Å²) in [5.74, 6) is -0.376. The van der Waals surface area contributed by atoms with Crippen molar-refractivity contribution in [2.45, 2.75) is 0 Å². The maximum Gasteiger partial charge on any atom is 0.124 e. The van der Waals surface area contributed by atoms with Crippen LogP contribution in [0.1, 0.15) is 5.56 Å². The van der Waals surface area contributed by atoms with Gasteiger partial charge in [0.1, 0.15) is 11.9 Å². The number of aromatic nitrogens is 1. The van der Waals surface area contributed by atoms with Crippen molar-refractivity contribution in [2.75, 3.05) is 5.32 Å². The van der Waals surface area contributed by atoms with Crippen molar-refractivity contribution in [3.63, 3.8) is 0 Å². The highest BCUT2D eigenvalue weighted by Crippen LogP contribution is 2.29. The van der Waals surface area contributed by atoms with Crippen LogP contribution in [-0.2, 0) is 0 Å². The van der Waals surface area contributed by atoms with Crippen LogP contribution in [0.15, 0.2) is 48.7 Å². The largest absolute Gasteiger partial charge is 0.354 e. The summed E-state index contributed by atoms with van der Waals surface area (Å²) in [4.78, 5) is 4.16. The smallest absolute Gasteiger partial charge is 0.124 e. The summed E-state index contributed by atoms with van der Waals surface area (Å²) < 4.78 is 13.5. The van der Waals surface area contributed by atoms with Crippen molar-refractivity contribution in [1.82, 2.24) is 4.98 Å². The summed E-state index contributed by atoms with van der Waals surface area (Å²) in [6.45, 7) is 0. The van der Waals surface area contributed by atoms with Gasteiger partial charge in [0.05, 0.1) is 16.8 Å². The molecule has 0 spiro atoms. The number of benzene rings is 2. The number of nitriles is 1. The van der Waals surface area contributed by atoms with Gasteiger partial charge in [-0.3, -0.25) is 4.98 Å². The number of fused-ring (bicyclic) bond motifs is 1. The topological polar surface area (TPSA) is 48.7 Å². The molecule has 0 bridgehead atoms. The van der Waals surface area contributed by atoms with Crippen LogP contribution in [0.4, 0.5) is 15.8 Å². The molecule has 0 aliphatic heterocycles. The average Bonchev–Trinajstić information content (AvgIpc) is 2.50. The molecule has 6 heteroatoms. The van der Waals surface area contributed by atoms with E-state index in [2.05, 4.69) is 16.4 Å². The first-order valence-corrected chi connectivity index (χ1v) is 6.56. The van der Waals surface area contributed by atoms with Crippen LogP contribution in [0.25, 0.3) is 10.9 Å².